The van der Waals surface area contributed by atoms with Crippen LogP contribution in [0, 0.1) is 18.8 Å². The van der Waals surface area contributed by atoms with Crippen molar-refractivity contribution in [2.45, 2.75) is 45.6 Å². The third-order valence-corrected chi connectivity index (χ3v) is 5.51. The number of aromatic nitrogens is 2. The predicted molar refractivity (Wildman–Crippen MR) is 99.3 cm³/mol. The fourth-order valence-electron chi connectivity index (χ4n) is 3.73. The molecule has 1 aliphatic rings. The second-order valence-electron chi connectivity index (χ2n) is 7.26. The zero-order chi connectivity index (χ0) is 18.8. The number of rotatable bonds is 4. The Labute approximate surface area is 153 Å². The molecule has 0 amide bonds. The highest BCUT2D eigenvalue weighted by Crippen LogP contribution is 2.34. The summed E-state index contributed by atoms with van der Waals surface area (Å²) in [4.78, 5) is 28.3. The number of esters is 1. The van der Waals surface area contributed by atoms with Crippen LogP contribution in [0.5, 0.6) is 5.75 Å². The minimum atomic E-state index is -0.136. The summed E-state index contributed by atoms with van der Waals surface area (Å²) in [6, 6.07) is 3.71. The maximum atomic E-state index is 12.3. The van der Waals surface area contributed by atoms with Crippen LogP contribution in [0.1, 0.15) is 38.2 Å². The average Bonchev–Trinajstić information content (AvgIpc) is 2.65. The molecule has 0 saturated heterocycles. The van der Waals surface area contributed by atoms with E-state index in [1.807, 2.05) is 26.0 Å². The Balaban J connectivity index is 1.72. The van der Waals surface area contributed by atoms with E-state index in [1.165, 1.54) is 18.0 Å². The lowest BCUT2D eigenvalue weighted by Gasteiger charge is -2.31. The summed E-state index contributed by atoms with van der Waals surface area (Å²) < 4.78 is 12.5. The van der Waals surface area contributed by atoms with E-state index >= 15 is 0 Å². The molecule has 1 unspecified atom stereocenters. The van der Waals surface area contributed by atoms with Gasteiger partial charge in [-0.05, 0) is 56.2 Å². The number of nitrogens with zero attached hydrogens (tertiary/aromatic N) is 2. The van der Waals surface area contributed by atoms with Crippen LogP contribution in [-0.4, -0.2) is 28.7 Å². The van der Waals surface area contributed by atoms with Crippen molar-refractivity contribution in [1.29, 1.82) is 0 Å². The first-order valence-corrected chi connectivity index (χ1v) is 9.11. The maximum absolute atomic E-state index is 12.3. The molecular formula is C20H26N2O4. The third-order valence-electron chi connectivity index (χ3n) is 5.51. The summed E-state index contributed by atoms with van der Waals surface area (Å²) in [5.41, 5.74) is 1.59. The summed E-state index contributed by atoms with van der Waals surface area (Å²) in [5.74, 6) is 0.879. The van der Waals surface area contributed by atoms with Crippen LogP contribution in [-0.2, 0) is 16.6 Å². The Morgan fingerprint density at radius 2 is 1.96 bits per heavy atom. The molecule has 1 fully saturated rings. The van der Waals surface area contributed by atoms with Crippen LogP contribution in [0.2, 0.25) is 0 Å². The summed E-state index contributed by atoms with van der Waals surface area (Å²) in [6.45, 7) is 3.91. The molecule has 6 heteroatoms. The Kier molecular flexibility index (Phi) is 5.30. The number of aryl methyl sites for hydroxylation is 2. The van der Waals surface area contributed by atoms with E-state index < -0.39 is 0 Å². The van der Waals surface area contributed by atoms with Gasteiger partial charge >= 0.3 is 5.97 Å². The summed E-state index contributed by atoms with van der Waals surface area (Å²) in [7, 11) is 3.13. The molecule has 1 saturated carbocycles. The van der Waals surface area contributed by atoms with Crippen molar-refractivity contribution in [2.75, 3.05) is 7.11 Å². The van der Waals surface area contributed by atoms with Crippen LogP contribution >= 0.6 is 0 Å². The molecule has 0 aliphatic heterocycles. The van der Waals surface area contributed by atoms with Gasteiger partial charge < -0.3 is 14.0 Å². The Hall–Kier alpha value is -2.37. The van der Waals surface area contributed by atoms with Crippen LogP contribution in [0.25, 0.3) is 10.9 Å². The second kappa shape index (κ2) is 7.48. The van der Waals surface area contributed by atoms with E-state index in [9.17, 15) is 9.59 Å². The molecule has 0 radical (unpaired) electrons. The minimum Gasteiger partial charge on any atom is -0.490 e. The van der Waals surface area contributed by atoms with Gasteiger partial charge in [0.2, 0.25) is 0 Å². The number of ether oxygens (including phenoxy) is 2. The van der Waals surface area contributed by atoms with Crippen molar-refractivity contribution in [2.24, 2.45) is 18.9 Å². The Morgan fingerprint density at radius 3 is 2.62 bits per heavy atom. The van der Waals surface area contributed by atoms with E-state index in [-0.39, 0.29) is 23.6 Å². The van der Waals surface area contributed by atoms with Crippen molar-refractivity contribution >= 4 is 16.9 Å². The standard InChI is InChI=1S/C20H26N2O4/c1-12-9-17-16(19(23)22(3)11-21-17)10-18(12)26-15-7-5-14(6-8-15)13(2)20(24)25-4/h9-11,13-15H,5-8H2,1-4H3. The third kappa shape index (κ3) is 3.59. The number of carbonyl (C=O) groups excluding carboxylic acids is 1. The lowest BCUT2D eigenvalue weighted by atomic mass is 9.79. The van der Waals surface area contributed by atoms with Gasteiger partial charge in [-0.25, -0.2) is 4.98 Å². The van der Waals surface area contributed by atoms with Gasteiger partial charge in [-0.3, -0.25) is 9.59 Å². The highest BCUT2D eigenvalue weighted by molar-refractivity contribution is 5.80. The quantitative estimate of drug-likeness (QED) is 0.786. The predicted octanol–water partition coefficient (Wildman–Crippen LogP) is 2.99. The molecule has 140 valence electrons. The van der Waals surface area contributed by atoms with Gasteiger partial charge in [0.05, 0.1) is 36.4 Å². The summed E-state index contributed by atoms with van der Waals surface area (Å²) in [5, 5.41) is 0.573. The molecule has 1 aromatic carbocycles. The van der Waals surface area contributed by atoms with Crippen molar-refractivity contribution in [3.63, 3.8) is 0 Å². The van der Waals surface area contributed by atoms with E-state index in [2.05, 4.69) is 4.98 Å². The van der Waals surface area contributed by atoms with E-state index in [1.54, 1.807) is 7.05 Å². The van der Waals surface area contributed by atoms with Gasteiger partial charge in [0.25, 0.3) is 5.56 Å². The van der Waals surface area contributed by atoms with Crippen LogP contribution in [0.15, 0.2) is 23.3 Å². The second-order valence-corrected chi connectivity index (χ2v) is 7.26. The first-order chi connectivity index (χ1) is 12.4. The molecule has 1 atom stereocenters. The lowest BCUT2D eigenvalue weighted by molar-refractivity contribution is -0.147. The highest BCUT2D eigenvalue weighted by atomic mass is 16.5. The zero-order valence-corrected chi connectivity index (χ0v) is 15.8. The van der Waals surface area contributed by atoms with Crippen LogP contribution < -0.4 is 10.3 Å². The topological polar surface area (TPSA) is 70.4 Å². The highest BCUT2D eigenvalue weighted by Gasteiger charge is 2.30. The van der Waals surface area contributed by atoms with E-state index in [4.69, 9.17) is 9.47 Å². The van der Waals surface area contributed by atoms with Gasteiger partial charge in [0, 0.05) is 7.05 Å². The van der Waals surface area contributed by atoms with Crippen molar-refractivity contribution < 1.29 is 14.3 Å². The van der Waals surface area contributed by atoms with E-state index in [0.29, 0.717) is 16.8 Å². The molecule has 3 rings (SSSR count). The summed E-state index contributed by atoms with van der Waals surface area (Å²) >= 11 is 0. The van der Waals surface area contributed by atoms with Gasteiger partial charge in [0.15, 0.2) is 0 Å². The number of carbonyl (C=O) groups is 1. The monoisotopic (exact) mass is 358 g/mol. The number of hydrogen-bond donors (Lipinski definition) is 0. The largest absolute Gasteiger partial charge is 0.490 e. The molecule has 0 bridgehead atoms. The average molecular weight is 358 g/mol. The van der Waals surface area contributed by atoms with Crippen molar-refractivity contribution in [3.8, 4) is 5.75 Å². The SMILES string of the molecule is COC(=O)C(C)C1CCC(Oc2cc3c(=O)n(C)cnc3cc2C)CC1. The van der Waals surface area contributed by atoms with Crippen molar-refractivity contribution in [1.82, 2.24) is 9.55 Å². The fraction of sp³-hybridized carbons (Fsp3) is 0.550. The number of methoxy groups -OCH3 is 1. The van der Waals surface area contributed by atoms with Crippen molar-refractivity contribution in [3.05, 3.63) is 34.4 Å². The Bertz CT molecular complexity index is 866. The van der Waals surface area contributed by atoms with E-state index in [0.717, 1.165) is 37.0 Å². The zero-order valence-electron chi connectivity index (χ0n) is 15.8. The normalized spacial score (nSPS) is 21.4. The lowest BCUT2D eigenvalue weighted by Crippen LogP contribution is -2.30. The molecule has 6 nitrogen and oxygen atoms in total. The van der Waals surface area contributed by atoms with Gasteiger partial charge in [-0.15, -0.1) is 0 Å². The van der Waals surface area contributed by atoms with Gasteiger partial charge in [0.1, 0.15) is 5.75 Å². The number of benzene rings is 1. The van der Waals surface area contributed by atoms with Gasteiger partial charge in [-0.2, -0.15) is 0 Å². The molecule has 0 N–H and O–H groups in total. The van der Waals surface area contributed by atoms with Crippen LogP contribution in [0.3, 0.4) is 0 Å². The summed E-state index contributed by atoms with van der Waals surface area (Å²) in [6.07, 6.45) is 5.32. The van der Waals surface area contributed by atoms with Crippen LogP contribution in [0.4, 0.5) is 0 Å². The van der Waals surface area contributed by atoms with Gasteiger partial charge in [-0.1, -0.05) is 6.92 Å². The number of hydrogen-bond acceptors (Lipinski definition) is 5. The Morgan fingerprint density at radius 1 is 1.27 bits per heavy atom. The molecular weight excluding hydrogens is 332 g/mol. The maximum Gasteiger partial charge on any atom is 0.308 e. The molecule has 1 aliphatic carbocycles. The number of fused-ring (bicyclic) bond motifs is 1. The molecule has 26 heavy (non-hydrogen) atoms. The first kappa shape index (κ1) is 18.4. The fourth-order valence-corrected chi connectivity index (χ4v) is 3.73. The first-order valence-electron chi connectivity index (χ1n) is 9.11. The molecule has 2 aromatic rings. The smallest absolute Gasteiger partial charge is 0.308 e. The molecule has 0 spiro atoms. The molecule has 1 heterocycles. The minimum absolute atomic E-state index is 0.0718. The molecule has 1 aromatic heterocycles.